The quantitative estimate of drug-likeness (QED) is 0.764. The van der Waals surface area contributed by atoms with Gasteiger partial charge in [0.05, 0.1) is 0 Å². The van der Waals surface area contributed by atoms with Crippen LogP contribution in [-0.4, -0.2) is 0 Å². The largest absolute Gasteiger partial charge is 0.289 e. The molecule has 2 aromatic carbocycles. The molecule has 0 saturated carbocycles. The second-order valence-corrected chi connectivity index (χ2v) is 4.82. The number of allylic oxidation sites excluding steroid dienone is 1. The molecule has 86 valence electrons. The Labute approximate surface area is 109 Å². The van der Waals surface area contributed by atoms with E-state index in [0.29, 0.717) is 0 Å². The van der Waals surface area contributed by atoms with Crippen LogP contribution in [0.15, 0.2) is 45.7 Å². The van der Waals surface area contributed by atoms with Crippen molar-refractivity contribution in [1.29, 1.82) is 0 Å². The van der Waals surface area contributed by atoms with Crippen LogP contribution in [0.4, 0.5) is 0 Å². The fourth-order valence-electron chi connectivity index (χ4n) is 1.93. The molecular formula is C15H13BrO. The molecule has 0 heterocycles. The molecule has 2 heteroatoms. The summed E-state index contributed by atoms with van der Waals surface area (Å²) in [4.78, 5) is 12.4. The lowest BCUT2D eigenvalue weighted by molar-refractivity contribution is 1.45. The van der Waals surface area contributed by atoms with Crippen LogP contribution in [0.3, 0.4) is 0 Å². The lowest BCUT2D eigenvalue weighted by atomic mass is 10.1. The van der Waals surface area contributed by atoms with E-state index in [2.05, 4.69) is 15.9 Å². The zero-order valence-corrected chi connectivity index (χ0v) is 11.4. The zero-order chi connectivity index (χ0) is 12.4. The number of halogens is 1. The molecule has 2 aromatic rings. The van der Waals surface area contributed by atoms with Gasteiger partial charge in [-0.2, -0.15) is 0 Å². The highest BCUT2D eigenvalue weighted by molar-refractivity contribution is 9.10. The van der Waals surface area contributed by atoms with Gasteiger partial charge >= 0.3 is 0 Å². The van der Waals surface area contributed by atoms with Crippen molar-refractivity contribution in [3.63, 3.8) is 0 Å². The highest BCUT2D eigenvalue weighted by Crippen LogP contribution is 2.23. The lowest BCUT2D eigenvalue weighted by Crippen LogP contribution is -2.03. The standard InChI is InChI=1S/C15H13BrO/c1-3-6-11-10(2)9-14(16)12-7-4-5-8-13(12)15(11)17/h3-9H,1-2H3/b6-3-. The summed E-state index contributed by atoms with van der Waals surface area (Å²) in [5.41, 5.74) is 1.83. The van der Waals surface area contributed by atoms with Crippen LogP contribution in [0.25, 0.3) is 16.8 Å². The highest BCUT2D eigenvalue weighted by Gasteiger charge is 2.06. The third-order valence-corrected chi connectivity index (χ3v) is 3.43. The third-order valence-electron chi connectivity index (χ3n) is 2.78. The van der Waals surface area contributed by atoms with E-state index in [1.807, 2.05) is 56.3 Å². The molecule has 0 aromatic heterocycles. The van der Waals surface area contributed by atoms with Gasteiger partial charge in [-0.05, 0) is 30.9 Å². The van der Waals surface area contributed by atoms with Gasteiger partial charge in [0, 0.05) is 15.4 Å². The van der Waals surface area contributed by atoms with Crippen LogP contribution in [0, 0.1) is 6.92 Å². The molecule has 0 saturated heterocycles. The number of hydrogen-bond donors (Lipinski definition) is 0. The van der Waals surface area contributed by atoms with E-state index >= 15 is 0 Å². The molecule has 17 heavy (non-hydrogen) atoms. The minimum absolute atomic E-state index is 0.0851. The number of fused-ring (bicyclic) bond motifs is 1. The number of hydrogen-bond acceptors (Lipinski definition) is 1. The molecule has 0 atom stereocenters. The van der Waals surface area contributed by atoms with Crippen molar-refractivity contribution in [2.75, 3.05) is 0 Å². The fraction of sp³-hybridized carbons (Fsp3) is 0.133. The summed E-state index contributed by atoms with van der Waals surface area (Å²) in [7, 11) is 0. The van der Waals surface area contributed by atoms with Crippen LogP contribution in [0.2, 0.25) is 0 Å². The number of aryl methyl sites for hydroxylation is 1. The first-order valence-electron chi connectivity index (χ1n) is 5.50. The summed E-state index contributed by atoms with van der Waals surface area (Å²) >= 11 is 3.53. The molecule has 0 spiro atoms. The Bertz CT molecular complexity index is 657. The molecule has 0 aliphatic rings. The Morgan fingerprint density at radius 3 is 2.47 bits per heavy atom. The van der Waals surface area contributed by atoms with E-state index in [1.54, 1.807) is 0 Å². The first kappa shape index (κ1) is 12.1. The van der Waals surface area contributed by atoms with Crippen molar-refractivity contribution in [3.8, 4) is 0 Å². The first-order valence-corrected chi connectivity index (χ1v) is 6.29. The Hall–Kier alpha value is -1.41. The third kappa shape index (κ3) is 2.18. The molecule has 0 aliphatic heterocycles. The maximum Gasteiger partial charge on any atom is 0.193 e. The Morgan fingerprint density at radius 1 is 1.18 bits per heavy atom. The fourth-order valence-corrected chi connectivity index (χ4v) is 2.62. The van der Waals surface area contributed by atoms with Gasteiger partial charge in [0.1, 0.15) is 0 Å². The maximum atomic E-state index is 12.4. The highest BCUT2D eigenvalue weighted by atomic mass is 79.9. The van der Waals surface area contributed by atoms with Gasteiger partial charge in [0.25, 0.3) is 0 Å². The van der Waals surface area contributed by atoms with Gasteiger partial charge in [-0.15, -0.1) is 0 Å². The predicted molar refractivity (Wildman–Crippen MR) is 77.4 cm³/mol. The van der Waals surface area contributed by atoms with Crippen molar-refractivity contribution < 1.29 is 0 Å². The maximum absolute atomic E-state index is 12.4. The van der Waals surface area contributed by atoms with Crippen molar-refractivity contribution in [1.82, 2.24) is 0 Å². The molecule has 0 N–H and O–H groups in total. The first-order chi connectivity index (χ1) is 8.15. The Kier molecular flexibility index (Phi) is 3.43. The number of rotatable bonds is 1. The predicted octanol–water partition coefficient (Wildman–Crippen LogP) is 4.30. The molecule has 0 amide bonds. The summed E-state index contributed by atoms with van der Waals surface area (Å²) in [6.07, 6.45) is 3.77. The van der Waals surface area contributed by atoms with Crippen molar-refractivity contribution in [2.24, 2.45) is 0 Å². The van der Waals surface area contributed by atoms with Crippen LogP contribution in [0.1, 0.15) is 18.1 Å². The van der Waals surface area contributed by atoms with Gasteiger partial charge in [-0.3, -0.25) is 4.79 Å². The summed E-state index contributed by atoms with van der Waals surface area (Å²) in [6, 6.07) is 9.66. The molecule has 1 nitrogen and oxygen atoms in total. The smallest absolute Gasteiger partial charge is 0.193 e. The summed E-state index contributed by atoms with van der Waals surface area (Å²) in [6.45, 7) is 3.88. The van der Waals surface area contributed by atoms with Gasteiger partial charge in [-0.25, -0.2) is 0 Å². The minimum Gasteiger partial charge on any atom is -0.289 e. The van der Waals surface area contributed by atoms with E-state index in [0.717, 1.165) is 26.4 Å². The van der Waals surface area contributed by atoms with Gasteiger partial charge in [-0.1, -0.05) is 52.3 Å². The van der Waals surface area contributed by atoms with Gasteiger partial charge < -0.3 is 0 Å². The molecule has 0 unspecified atom stereocenters. The van der Waals surface area contributed by atoms with Crippen molar-refractivity contribution in [2.45, 2.75) is 13.8 Å². The average Bonchev–Trinajstić information content (AvgIpc) is 2.42. The van der Waals surface area contributed by atoms with Crippen molar-refractivity contribution in [3.05, 3.63) is 62.2 Å². The summed E-state index contributed by atoms with van der Waals surface area (Å²) in [5, 5.41) is 1.71. The van der Waals surface area contributed by atoms with Gasteiger partial charge in [0.2, 0.25) is 0 Å². The van der Waals surface area contributed by atoms with E-state index < -0.39 is 0 Å². The topological polar surface area (TPSA) is 17.1 Å². The second-order valence-electron chi connectivity index (χ2n) is 3.96. The normalized spacial score (nSPS) is 11.2. The second kappa shape index (κ2) is 4.84. The Balaban J connectivity index is 3.07. The number of benzene rings is 1. The van der Waals surface area contributed by atoms with E-state index in [9.17, 15) is 4.79 Å². The molecule has 0 radical (unpaired) electrons. The molecule has 0 fully saturated rings. The minimum atomic E-state index is 0.0851. The average molecular weight is 289 g/mol. The molecule has 2 rings (SSSR count). The van der Waals surface area contributed by atoms with Crippen LogP contribution >= 0.6 is 15.9 Å². The lowest BCUT2D eigenvalue weighted by Gasteiger charge is -1.92. The monoisotopic (exact) mass is 288 g/mol. The summed E-state index contributed by atoms with van der Waals surface area (Å²) < 4.78 is 0.957. The van der Waals surface area contributed by atoms with Crippen LogP contribution in [0.5, 0.6) is 0 Å². The Morgan fingerprint density at radius 2 is 1.82 bits per heavy atom. The molecule has 0 aliphatic carbocycles. The van der Waals surface area contributed by atoms with Crippen LogP contribution in [-0.2, 0) is 0 Å². The molecule has 0 bridgehead atoms. The zero-order valence-electron chi connectivity index (χ0n) is 9.83. The van der Waals surface area contributed by atoms with Crippen LogP contribution < -0.4 is 5.43 Å². The molecular weight excluding hydrogens is 276 g/mol. The summed E-state index contributed by atoms with van der Waals surface area (Å²) in [5.74, 6) is 0. The van der Waals surface area contributed by atoms with Crippen molar-refractivity contribution >= 4 is 32.8 Å². The van der Waals surface area contributed by atoms with E-state index in [4.69, 9.17) is 0 Å². The SMILES string of the molecule is C/C=C\c1c(C)cc(Br)c2ccccc2c1=O. The van der Waals surface area contributed by atoms with E-state index in [1.165, 1.54) is 0 Å². The van der Waals surface area contributed by atoms with Gasteiger partial charge in [0.15, 0.2) is 5.43 Å². The van der Waals surface area contributed by atoms with E-state index in [-0.39, 0.29) is 5.43 Å².